The van der Waals surface area contributed by atoms with Crippen molar-refractivity contribution in [2.24, 2.45) is 0 Å². The van der Waals surface area contributed by atoms with Crippen LogP contribution in [0.15, 0.2) is 24.3 Å². The Morgan fingerprint density at radius 1 is 1.41 bits per heavy atom. The van der Waals surface area contributed by atoms with Crippen LogP contribution in [0.4, 0.5) is 10.6 Å². The minimum absolute atomic E-state index is 0.148. The Bertz CT molecular complexity index is 745. The average Bonchev–Trinajstić information content (AvgIpc) is 2.71. The van der Waals surface area contributed by atoms with Crippen LogP contribution >= 0.6 is 11.6 Å². The van der Waals surface area contributed by atoms with Gasteiger partial charge in [0.05, 0.1) is 12.3 Å². The minimum atomic E-state index is -0.859. The molecule has 0 fully saturated rings. The predicted molar refractivity (Wildman–Crippen MR) is 82.3 cm³/mol. The number of halogens is 1. The van der Waals surface area contributed by atoms with Crippen LogP contribution in [0.1, 0.15) is 18.1 Å². The molecule has 0 saturated carbocycles. The number of aromatic nitrogens is 1. The Hall–Kier alpha value is -2.65. The monoisotopic (exact) mass is 319 g/mol. The standard InChI is InChI=1S/C15H14ClN3O3/c1-3-21-15(20)22-14-9(2)12(8-17)13(18)19(14)11-6-4-10(16)5-7-11/h4-7H,3,18H2,1-2H3. The number of anilines is 1. The van der Waals surface area contributed by atoms with E-state index in [0.29, 0.717) is 16.3 Å². The average molecular weight is 320 g/mol. The van der Waals surface area contributed by atoms with Crippen LogP contribution in [0.25, 0.3) is 5.69 Å². The molecule has 0 aliphatic rings. The van der Waals surface area contributed by atoms with Gasteiger partial charge in [0.15, 0.2) is 0 Å². The van der Waals surface area contributed by atoms with Crippen LogP contribution in [-0.4, -0.2) is 17.3 Å². The maximum Gasteiger partial charge on any atom is 0.515 e. The molecule has 0 spiro atoms. The van der Waals surface area contributed by atoms with Gasteiger partial charge in [-0.1, -0.05) is 11.6 Å². The van der Waals surface area contributed by atoms with Crippen LogP contribution in [0.5, 0.6) is 5.88 Å². The molecule has 0 aliphatic carbocycles. The van der Waals surface area contributed by atoms with Crippen LogP contribution in [0.2, 0.25) is 5.02 Å². The summed E-state index contributed by atoms with van der Waals surface area (Å²) in [6.45, 7) is 3.50. The van der Waals surface area contributed by atoms with E-state index in [4.69, 9.17) is 26.8 Å². The molecule has 22 heavy (non-hydrogen) atoms. The van der Waals surface area contributed by atoms with Gasteiger partial charge in [-0.3, -0.25) is 4.57 Å². The molecule has 0 amide bonds. The number of nitrogens with zero attached hydrogens (tertiary/aromatic N) is 2. The summed E-state index contributed by atoms with van der Waals surface area (Å²) in [4.78, 5) is 11.6. The summed E-state index contributed by atoms with van der Waals surface area (Å²) >= 11 is 5.87. The molecule has 114 valence electrons. The van der Waals surface area contributed by atoms with Gasteiger partial charge in [0.2, 0.25) is 5.88 Å². The molecule has 1 aromatic carbocycles. The molecule has 6 nitrogen and oxygen atoms in total. The molecule has 0 atom stereocenters. The van der Waals surface area contributed by atoms with Gasteiger partial charge in [0.1, 0.15) is 17.5 Å². The Kier molecular flexibility index (Phi) is 4.59. The third-order valence-corrected chi connectivity index (χ3v) is 3.29. The molecule has 0 radical (unpaired) electrons. The molecule has 2 rings (SSSR count). The number of nitrogens with two attached hydrogens (primary N) is 1. The SMILES string of the molecule is CCOC(=O)Oc1c(C)c(C#N)c(N)n1-c1ccc(Cl)cc1. The fourth-order valence-electron chi connectivity index (χ4n) is 2.02. The lowest BCUT2D eigenvalue weighted by Crippen LogP contribution is -2.13. The first-order valence-electron chi connectivity index (χ1n) is 6.51. The highest BCUT2D eigenvalue weighted by molar-refractivity contribution is 6.30. The molecular weight excluding hydrogens is 306 g/mol. The summed E-state index contributed by atoms with van der Waals surface area (Å²) in [6, 6.07) is 8.76. The molecule has 2 N–H and O–H groups in total. The minimum Gasteiger partial charge on any atom is -0.434 e. The van der Waals surface area contributed by atoms with Gasteiger partial charge in [0.25, 0.3) is 0 Å². The van der Waals surface area contributed by atoms with E-state index < -0.39 is 6.16 Å². The molecule has 0 aliphatic heterocycles. The number of hydrogen-bond acceptors (Lipinski definition) is 5. The van der Waals surface area contributed by atoms with E-state index in [2.05, 4.69) is 0 Å². The molecule has 2 aromatic rings. The smallest absolute Gasteiger partial charge is 0.434 e. The fraction of sp³-hybridized carbons (Fsp3) is 0.200. The Labute approximate surface area is 132 Å². The topological polar surface area (TPSA) is 90.3 Å². The molecular formula is C15H14ClN3O3. The largest absolute Gasteiger partial charge is 0.515 e. The van der Waals surface area contributed by atoms with Crippen molar-refractivity contribution in [3.05, 3.63) is 40.4 Å². The van der Waals surface area contributed by atoms with E-state index in [9.17, 15) is 10.1 Å². The second-order valence-corrected chi connectivity index (χ2v) is 4.84. The summed E-state index contributed by atoms with van der Waals surface area (Å²) in [5.41, 5.74) is 7.33. The van der Waals surface area contributed by atoms with Gasteiger partial charge >= 0.3 is 6.16 Å². The van der Waals surface area contributed by atoms with E-state index >= 15 is 0 Å². The van der Waals surface area contributed by atoms with E-state index in [1.165, 1.54) is 4.57 Å². The highest BCUT2D eigenvalue weighted by Crippen LogP contribution is 2.34. The van der Waals surface area contributed by atoms with Crippen LogP contribution in [0, 0.1) is 18.3 Å². The first kappa shape index (κ1) is 15.7. The number of nitriles is 1. The van der Waals surface area contributed by atoms with Crippen molar-refractivity contribution >= 4 is 23.6 Å². The third kappa shape index (κ3) is 2.85. The summed E-state index contributed by atoms with van der Waals surface area (Å²) in [5.74, 6) is 0.330. The lowest BCUT2D eigenvalue weighted by molar-refractivity contribution is 0.102. The van der Waals surface area contributed by atoms with E-state index in [0.717, 1.165) is 0 Å². The summed E-state index contributed by atoms with van der Waals surface area (Å²) < 4.78 is 11.4. The second-order valence-electron chi connectivity index (χ2n) is 4.40. The number of carbonyl (C=O) groups is 1. The normalized spacial score (nSPS) is 10.1. The van der Waals surface area contributed by atoms with Crippen LogP contribution < -0.4 is 10.5 Å². The Morgan fingerprint density at radius 2 is 2.05 bits per heavy atom. The van der Waals surface area contributed by atoms with Gasteiger partial charge in [-0.15, -0.1) is 0 Å². The quantitative estimate of drug-likeness (QED) is 0.875. The van der Waals surface area contributed by atoms with Crippen molar-refractivity contribution in [2.45, 2.75) is 13.8 Å². The van der Waals surface area contributed by atoms with Gasteiger partial charge < -0.3 is 15.2 Å². The van der Waals surface area contributed by atoms with E-state index in [-0.39, 0.29) is 23.9 Å². The third-order valence-electron chi connectivity index (χ3n) is 3.03. The summed E-state index contributed by atoms with van der Waals surface area (Å²) in [7, 11) is 0. The lowest BCUT2D eigenvalue weighted by Gasteiger charge is -2.11. The van der Waals surface area contributed by atoms with Crippen molar-refractivity contribution in [3.8, 4) is 17.6 Å². The molecule has 0 unspecified atom stereocenters. The first-order chi connectivity index (χ1) is 10.5. The Balaban J connectivity index is 2.58. The summed E-state index contributed by atoms with van der Waals surface area (Å²) in [6.07, 6.45) is -0.859. The van der Waals surface area contributed by atoms with Crippen molar-refractivity contribution < 1.29 is 14.3 Å². The zero-order chi connectivity index (χ0) is 16.3. The van der Waals surface area contributed by atoms with Crippen molar-refractivity contribution in [2.75, 3.05) is 12.3 Å². The lowest BCUT2D eigenvalue weighted by atomic mass is 10.2. The Morgan fingerprint density at radius 3 is 2.59 bits per heavy atom. The highest BCUT2D eigenvalue weighted by Gasteiger charge is 2.23. The maximum absolute atomic E-state index is 11.6. The van der Waals surface area contributed by atoms with Gasteiger partial charge in [-0.05, 0) is 38.1 Å². The predicted octanol–water partition coefficient (Wildman–Crippen LogP) is 3.43. The molecule has 1 heterocycles. The van der Waals surface area contributed by atoms with Crippen LogP contribution in [-0.2, 0) is 4.74 Å². The molecule has 1 aromatic heterocycles. The number of nitrogen functional groups attached to an aromatic ring is 1. The zero-order valence-electron chi connectivity index (χ0n) is 12.1. The number of hydrogen-bond donors (Lipinski definition) is 1. The fourth-order valence-corrected chi connectivity index (χ4v) is 2.15. The first-order valence-corrected chi connectivity index (χ1v) is 6.88. The van der Waals surface area contributed by atoms with Crippen LogP contribution in [0.3, 0.4) is 0 Å². The number of ether oxygens (including phenoxy) is 2. The van der Waals surface area contributed by atoms with Gasteiger partial charge in [-0.25, -0.2) is 4.79 Å². The van der Waals surface area contributed by atoms with Crippen molar-refractivity contribution in [1.82, 2.24) is 4.57 Å². The molecule has 0 bridgehead atoms. The zero-order valence-corrected chi connectivity index (χ0v) is 12.8. The van der Waals surface area contributed by atoms with E-state index in [1.54, 1.807) is 38.1 Å². The van der Waals surface area contributed by atoms with Crippen molar-refractivity contribution in [3.63, 3.8) is 0 Å². The number of benzene rings is 1. The highest BCUT2D eigenvalue weighted by atomic mass is 35.5. The maximum atomic E-state index is 11.6. The summed E-state index contributed by atoms with van der Waals surface area (Å²) in [5, 5.41) is 9.78. The number of carbonyl (C=O) groups excluding carboxylic acids is 1. The van der Waals surface area contributed by atoms with Crippen molar-refractivity contribution in [1.29, 1.82) is 5.26 Å². The molecule has 0 saturated heterocycles. The second kappa shape index (κ2) is 6.41. The van der Waals surface area contributed by atoms with Gasteiger partial charge in [0, 0.05) is 10.6 Å². The number of rotatable bonds is 3. The van der Waals surface area contributed by atoms with E-state index in [1.807, 2.05) is 6.07 Å². The van der Waals surface area contributed by atoms with Gasteiger partial charge in [-0.2, -0.15) is 5.26 Å². The molecule has 7 heteroatoms.